The monoisotopic (exact) mass is 351 g/mol. The molecule has 0 amide bonds. The van der Waals surface area contributed by atoms with Crippen molar-refractivity contribution in [3.63, 3.8) is 0 Å². The number of aliphatic hydroxyl groups excluding tert-OH is 1. The minimum atomic E-state index is 0.286. The summed E-state index contributed by atoms with van der Waals surface area (Å²) in [6.45, 7) is 4.07. The van der Waals surface area contributed by atoms with Gasteiger partial charge in [0.25, 0.3) is 0 Å². The van der Waals surface area contributed by atoms with Crippen LogP contribution < -0.4 is 5.32 Å². The molecule has 0 aliphatic carbocycles. The Hall–Kier alpha value is -1.10. The molecule has 1 heterocycles. The van der Waals surface area contributed by atoms with Crippen LogP contribution in [-0.4, -0.2) is 18.3 Å². The van der Waals surface area contributed by atoms with E-state index >= 15 is 0 Å². The summed E-state index contributed by atoms with van der Waals surface area (Å²) in [4.78, 5) is 0. The average molecular weight is 352 g/mol. The van der Waals surface area contributed by atoms with Gasteiger partial charge in [-0.1, -0.05) is 15.9 Å². The second kappa shape index (κ2) is 8.37. The van der Waals surface area contributed by atoms with Gasteiger partial charge in [0.2, 0.25) is 0 Å². The van der Waals surface area contributed by atoms with Gasteiger partial charge < -0.3 is 14.8 Å². The SMILES string of the molecule is Cc1cc(Br)ccc1-c1ccc(CNCCCCCO)o1. The minimum Gasteiger partial charge on any atom is -0.460 e. The highest BCUT2D eigenvalue weighted by Crippen LogP contribution is 2.27. The Morgan fingerprint density at radius 1 is 1.14 bits per heavy atom. The standard InChI is InChI=1S/C17H22BrNO2/c1-13-11-14(18)5-7-16(13)17-8-6-15(21-17)12-19-9-3-2-4-10-20/h5-8,11,19-20H,2-4,9-10,12H2,1H3. The van der Waals surface area contributed by atoms with Crippen LogP contribution >= 0.6 is 15.9 Å². The molecular weight excluding hydrogens is 330 g/mol. The number of aryl methyl sites for hydroxylation is 1. The first-order chi connectivity index (χ1) is 10.2. The first-order valence-electron chi connectivity index (χ1n) is 7.37. The zero-order valence-corrected chi connectivity index (χ0v) is 13.9. The molecule has 1 aromatic heterocycles. The third-order valence-electron chi connectivity index (χ3n) is 3.43. The Balaban J connectivity index is 1.86. The molecule has 0 aliphatic heterocycles. The van der Waals surface area contributed by atoms with Crippen LogP contribution in [0.15, 0.2) is 39.2 Å². The summed E-state index contributed by atoms with van der Waals surface area (Å²) in [5, 5.41) is 12.1. The summed E-state index contributed by atoms with van der Waals surface area (Å²) >= 11 is 3.48. The number of aliphatic hydroxyl groups is 1. The van der Waals surface area contributed by atoms with E-state index in [9.17, 15) is 0 Å². The normalized spacial score (nSPS) is 11.0. The number of unbranched alkanes of at least 4 members (excludes halogenated alkanes) is 2. The molecule has 2 N–H and O–H groups in total. The van der Waals surface area contributed by atoms with Gasteiger partial charge >= 0.3 is 0 Å². The average Bonchev–Trinajstić information content (AvgIpc) is 2.91. The van der Waals surface area contributed by atoms with Crippen molar-refractivity contribution < 1.29 is 9.52 Å². The lowest BCUT2D eigenvalue weighted by atomic mass is 10.1. The van der Waals surface area contributed by atoms with Gasteiger partial charge in [0.15, 0.2) is 0 Å². The van der Waals surface area contributed by atoms with E-state index in [1.807, 2.05) is 18.2 Å². The van der Waals surface area contributed by atoms with E-state index in [4.69, 9.17) is 9.52 Å². The van der Waals surface area contributed by atoms with Crippen LogP contribution in [0.4, 0.5) is 0 Å². The van der Waals surface area contributed by atoms with Gasteiger partial charge in [-0.2, -0.15) is 0 Å². The molecule has 3 nitrogen and oxygen atoms in total. The second-order valence-electron chi connectivity index (χ2n) is 5.19. The molecule has 0 bridgehead atoms. The molecule has 0 spiro atoms. The smallest absolute Gasteiger partial charge is 0.134 e. The zero-order chi connectivity index (χ0) is 15.1. The first kappa shape index (κ1) is 16.3. The fourth-order valence-corrected chi connectivity index (χ4v) is 2.75. The summed E-state index contributed by atoms with van der Waals surface area (Å²) in [5.41, 5.74) is 2.33. The van der Waals surface area contributed by atoms with E-state index in [1.165, 1.54) is 5.56 Å². The number of benzene rings is 1. The second-order valence-corrected chi connectivity index (χ2v) is 6.10. The van der Waals surface area contributed by atoms with Crippen molar-refractivity contribution >= 4 is 15.9 Å². The van der Waals surface area contributed by atoms with E-state index in [0.717, 1.165) is 53.9 Å². The van der Waals surface area contributed by atoms with Crippen LogP contribution in [0, 0.1) is 6.92 Å². The zero-order valence-electron chi connectivity index (χ0n) is 12.4. The lowest BCUT2D eigenvalue weighted by Crippen LogP contribution is -2.14. The van der Waals surface area contributed by atoms with Crippen LogP contribution in [0.3, 0.4) is 0 Å². The Kier molecular flexibility index (Phi) is 6.49. The Labute approximate surface area is 134 Å². The Morgan fingerprint density at radius 3 is 2.76 bits per heavy atom. The first-order valence-corrected chi connectivity index (χ1v) is 8.17. The lowest BCUT2D eigenvalue weighted by Gasteiger charge is -2.04. The van der Waals surface area contributed by atoms with Crippen LogP contribution in [0.2, 0.25) is 0 Å². The molecule has 4 heteroatoms. The van der Waals surface area contributed by atoms with E-state index < -0.39 is 0 Å². The predicted octanol–water partition coefficient (Wildman–Crippen LogP) is 4.27. The summed E-state index contributed by atoms with van der Waals surface area (Å²) in [5.74, 6) is 1.87. The minimum absolute atomic E-state index is 0.286. The van der Waals surface area contributed by atoms with Gasteiger partial charge in [-0.15, -0.1) is 0 Å². The van der Waals surface area contributed by atoms with Crippen molar-refractivity contribution in [1.82, 2.24) is 5.32 Å². The molecule has 0 fully saturated rings. The van der Waals surface area contributed by atoms with E-state index in [0.29, 0.717) is 0 Å². The van der Waals surface area contributed by atoms with Crippen molar-refractivity contribution in [2.45, 2.75) is 32.7 Å². The molecule has 114 valence electrons. The lowest BCUT2D eigenvalue weighted by molar-refractivity contribution is 0.282. The van der Waals surface area contributed by atoms with Crippen LogP contribution in [0.25, 0.3) is 11.3 Å². The molecule has 21 heavy (non-hydrogen) atoms. The number of hydrogen-bond donors (Lipinski definition) is 2. The van der Waals surface area contributed by atoms with Crippen molar-refractivity contribution in [3.05, 3.63) is 46.1 Å². The number of halogens is 1. The van der Waals surface area contributed by atoms with E-state index in [2.05, 4.69) is 40.3 Å². The quantitative estimate of drug-likeness (QED) is 0.698. The maximum atomic E-state index is 8.71. The fourth-order valence-electron chi connectivity index (χ4n) is 2.27. The summed E-state index contributed by atoms with van der Waals surface area (Å²) < 4.78 is 6.98. The van der Waals surface area contributed by atoms with Crippen molar-refractivity contribution in [2.24, 2.45) is 0 Å². The Morgan fingerprint density at radius 2 is 2.00 bits per heavy atom. The van der Waals surface area contributed by atoms with Gasteiger partial charge in [-0.05, 0) is 68.6 Å². The number of rotatable bonds is 8. The number of nitrogens with one attached hydrogen (secondary N) is 1. The molecule has 0 saturated heterocycles. The molecule has 0 saturated carbocycles. The van der Waals surface area contributed by atoms with Gasteiger partial charge in [-0.3, -0.25) is 0 Å². The molecule has 1 aromatic carbocycles. The van der Waals surface area contributed by atoms with E-state index in [1.54, 1.807) is 0 Å². The maximum Gasteiger partial charge on any atom is 0.134 e. The molecular formula is C17H22BrNO2. The molecule has 0 unspecified atom stereocenters. The molecule has 0 radical (unpaired) electrons. The van der Waals surface area contributed by atoms with Crippen molar-refractivity contribution in [3.8, 4) is 11.3 Å². The fraction of sp³-hybridized carbons (Fsp3) is 0.412. The molecule has 2 aromatic rings. The maximum absolute atomic E-state index is 8.71. The van der Waals surface area contributed by atoms with Gasteiger partial charge in [0.05, 0.1) is 6.54 Å². The largest absolute Gasteiger partial charge is 0.460 e. The van der Waals surface area contributed by atoms with E-state index in [-0.39, 0.29) is 6.61 Å². The topological polar surface area (TPSA) is 45.4 Å². The third-order valence-corrected chi connectivity index (χ3v) is 3.92. The van der Waals surface area contributed by atoms with Crippen molar-refractivity contribution in [2.75, 3.05) is 13.2 Å². The number of hydrogen-bond acceptors (Lipinski definition) is 3. The Bertz CT molecular complexity index is 566. The third kappa shape index (κ3) is 4.99. The number of furan rings is 1. The molecule has 0 aliphatic rings. The van der Waals surface area contributed by atoms with Gasteiger partial charge in [-0.25, -0.2) is 0 Å². The summed E-state index contributed by atoms with van der Waals surface area (Å²) in [6.07, 6.45) is 3.03. The summed E-state index contributed by atoms with van der Waals surface area (Å²) in [7, 11) is 0. The van der Waals surface area contributed by atoms with Crippen LogP contribution in [-0.2, 0) is 6.54 Å². The highest BCUT2D eigenvalue weighted by molar-refractivity contribution is 9.10. The van der Waals surface area contributed by atoms with Crippen LogP contribution in [0.1, 0.15) is 30.6 Å². The van der Waals surface area contributed by atoms with Gasteiger partial charge in [0.1, 0.15) is 11.5 Å². The molecule has 0 atom stereocenters. The van der Waals surface area contributed by atoms with Crippen LogP contribution in [0.5, 0.6) is 0 Å². The predicted molar refractivity (Wildman–Crippen MR) is 89.2 cm³/mol. The molecule has 2 rings (SSSR count). The van der Waals surface area contributed by atoms with Crippen molar-refractivity contribution in [1.29, 1.82) is 0 Å². The highest BCUT2D eigenvalue weighted by atomic mass is 79.9. The highest BCUT2D eigenvalue weighted by Gasteiger charge is 2.07. The van der Waals surface area contributed by atoms with Gasteiger partial charge in [0, 0.05) is 16.6 Å². The summed E-state index contributed by atoms with van der Waals surface area (Å²) in [6, 6.07) is 10.3.